The third-order valence-electron chi connectivity index (χ3n) is 1.78. The minimum Gasteiger partial charge on any atom is -1.00 e. The van der Waals surface area contributed by atoms with Crippen LogP contribution in [0.3, 0.4) is 0 Å². The Balaban J connectivity index is -0.0000000807. The first-order valence-electron chi connectivity index (χ1n) is 4.28. The Labute approximate surface area is 134 Å². The van der Waals surface area contributed by atoms with Crippen LogP contribution in [0.15, 0.2) is 24.5 Å². The molecule has 0 saturated heterocycles. The molecular formula is C10H16AlCl4N. The van der Waals surface area contributed by atoms with Gasteiger partial charge in [0.25, 0.3) is 0 Å². The van der Waals surface area contributed by atoms with Gasteiger partial charge in [-0.1, -0.05) is 13.3 Å². The molecule has 0 unspecified atom stereocenters. The number of rotatable bonds is 3. The first kappa shape index (κ1) is 30.1. The van der Waals surface area contributed by atoms with E-state index in [0.717, 1.165) is 6.54 Å². The topological polar surface area (TPSA) is 3.88 Å². The van der Waals surface area contributed by atoms with E-state index in [4.69, 9.17) is 0 Å². The Kier molecular flexibility index (Phi) is 34.3. The van der Waals surface area contributed by atoms with Crippen LogP contribution in [0.4, 0.5) is 0 Å². The van der Waals surface area contributed by atoms with Crippen LogP contribution >= 0.6 is 0 Å². The van der Waals surface area contributed by atoms with Gasteiger partial charge >= 0.3 is 17.4 Å². The van der Waals surface area contributed by atoms with E-state index in [1.165, 1.54) is 18.4 Å². The van der Waals surface area contributed by atoms with Crippen LogP contribution in [-0.4, -0.2) is 17.4 Å². The first-order valence-corrected chi connectivity index (χ1v) is 4.28. The molecule has 0 aliphatic rings. The number of aryl methyl sites for hydroxylation is 2. The first-order chi connectivity index (χ1) is 5.33. The zero-order chi connectivity index (χ0) is 8.10. The van der Waals surface area contributed by atoms with Crippen molar-refractivity contribution in [3.8, 4) is 0 Å². The molecular weight excluding hydrogens is 303 g/mol. The molecule has 0 aliphatic heterocycles. The van der Waals surface area contributed by atoms with E-state index in [9.17, 15) is 0 Å². The van der Waals surface area contributed by atoms with E-state index in [1.54, 1.807) is 0 Å². The van der Waals surface area contributed by atoms with E-state index >= 15 is 0 Å². The predicted molar refractivity (Wildman–Crippen MR) is 52.0 cm³/mol. The molecule has 92 valence electrons. The van der Waals surface area contributed by atoms with Crippen molar-refractivity contribution in [3.63, 3.8) is 0 Å². The van der Waals surface area contributed by atoms with Gasteiger partial charge < -0.3 is 49.6 Å². The molecule has 0 spiro atoms. The van der Waals surface area contributed by atoms with Gasteiger partial charge in [0.15, 0.2) is 12.4 Å². The van der Waals surface area contributed by atoms with Gasteiger partial charge in [-0.2, -0.15) is 0 Å². The molecule has 0 bridgehead atoms. The van der Waals surface area contributed by atoms with Crippen molar-refractivity contribution in [3.05, 3.63) is 30.1 Å². The van der Waals surface area contributed by atoms with Crippen molar-refractivity contribution in [1.29, 1.82) is 0 Å². The molecule has 0 amide bonds. The zero-order valence-electron chi connectivity index (χ0n) is 9.47. The van der Waals surface area contributed by atoms with Gasteiger partial charge in [0.1, 0.15) is 6.54 Å². The second kappa shape index (κ2) is 18.2. The fourth-order valence-electron chi connectivity index (χ4n) is 1.13. The summed E-state index contributed by atoms with van der Waals surface area (Å²) in [7, 11) is 0. The Bertz CT molecular complexity index is 236. The third kappa shape index (κ3) is 12.9. The summed E-state index contributed by atoms with van der Waals surface area (Å²) in [6.45, 7) is 5.50. The molecule has 1 heterocycles. The van der Waals surface area contributed by atoms with Crippen LogP contribution in [0.5, 0.6) is 0 Å². The second-order valence-electron chi connectivity index (χ2n) is 2.97. The van der Waals surface area contributed by atoms with Crippen LogP contribution in [0.2, 0.25) is 0 Å². The number of hydrogen-bond acceptors (Lipinski definition) is 0. The Morgan fingerprint density at radius 1 is 1.12 bits per heavy atom. The van der Waals surface area contributed by atoms with Gasteiger partial charge in [-0.05, 0) is 13.0 Å². The van der Waals surface area contributed by atoms with Crippen molar-refractivity contribution >= 4 is 17.4 Å². The van der Waals surface area contributed by atoms with E-state index < -0.39 is 0 Å². The molecule has 0 N–H and O–H groups in total. The summed E-state index contributed by atoms with van der Waals surface area (Å²) in [5, 5.41) is 0. The number of halogens is 4. The maximum atomic E-state index is 2.25. The molecule has 0 atom stereocenters. The summed E-state index contributed by atoms with van der Waals surface area (Å²) in [6.07, 6.45) is 6.85. The number of unbranched alkanes of at least 4 members (excludes halogenated alkanes) is 1. The quantitative estimate of drug-likeness (QED) is 0.385. The summed E-state index contributed by atoms with van der Waals surface area (Å²) in [6, 6.07) is 4.23. The van der Waals surface area contributed by atoms with Crippen LogP contribution < -0.4 is 54.2 Å². The second-order valence-corrected chi connectivity index (χ2v) is 2.97. The van der Waals surface area contributed by atoms with Gasteiger partial charge in [0.05, 0.1) is 0 Å². The van der Waals surface area contributed by atoms with Gasteiger partial charge in [-0.15, -0.1) is 0 Å². The van der Waals surface area contributed by atoms with Crippen LogP contribution in [0.1, 0.15) is 25.3 Å². The molecule has 0 fully saturated rings. The van der Waals surface area contributed by atoms with E-state index in [0.29, 0.717) is 0 Å². The smallest absolute Gasteiger partial charge is 1.00 e. The zero-order valence-corrected chi connectivity index (χ0v) is 13.6. The van der Waals surface area contributed by atoms with Crippen molar-refractivity contribution in [1.82, 2.24) is 0 Å². The Morgan fingerprint density at radius 3 is 2.12 bits per heavy atom. The predicted octanol–water partition coefficient (Wildman–Crippen LogP) is -10.3. The molecule has 0 saturated carbocycles. The SMILES string of the molecule is CCCC[n+]1cccc(C)c1.[Al+3].[Cl-].[Cl-].[Cl-].[Cl-]. The van der Waals surface area contributed by atoms with E-state index in [1.807, 2.05) is 0 Å². The van der Waals surface area contributed by atoms with Crippen molar-refractivity contribution in [2.75, 3.05) is 0 Å². The monoisotopic (exact) mass is 317 g/mol. The van der Waals surface area contributed by atoms with Crippen molar-refractivity contribution in [2.24, 2.45) is 0 Å². The van der Waals surface area contributed by atoms with Crippen molar-refractivity contribution < 1.29 is 54.2 Å². The van der Waals surface area contributed by atoms with Crippen LogP contribution in [0, 0.1) is 6.92 Å². The minimum absolute atomic E-state index is 0. The number of nitrogens with zero attached hydrogens (tertiary/aromatic N) is 1. The molecule has 0 aromatic carbocycles. The van der Waals surface area contributed by atoms with Gasteiger partial charge in [-0.3, -0.25) is 0 Å². The van der Waals surface area contributed by atoms with E-state index in [-0.39, 0.29) is 67.0 Å². The maximum Gasteiger partial charge on any atom is 3.00 e. The molecule has 1 aromatic rings. The fraction of sp³-hybridized carbons (Fsp3) is 0.500. The molecule has 1 nitrogen and oxygen atoms in total. The summed E-state index contributed by atoms with van der Waals surface area (Å²) in [5.74, 6) is 0. The summed E-state index contributed by atoms with van der Waals surface area (Å²) >= 11 is 0. The molecule has 1 aromatic heterocycles. The molecule has 6 heteroatoms. The average Bonchev–Trinajstić information content (AvgIpc) is 2.01. The molecule has 1 rings (SSSR count). The Morgan fingerprint density at radius 2 is 1.69 bits per heavy atom. The summed E-state index contributed by atoms with van der Waals surface area (Å²) in [5.41, 5.74) is 1.34. The average molecular weight is 319 g/mol. The molecule has 0 aliphatic carbocycles. The van der Waals surface area contributed by atoms with Crippen molar-refractivity contribution in [2.45, 2.75) is 33.2 Å². The van der Waals surface area contributed by atoms with E-state index in [2.05, 4.69) is 42.9 Å². The summed E-state index contributed by atoms with van der Waals surface area (Å²) < 4.78 is 2.25. The fourth-order valence-corrected chi connectivity index (χ4v) is 1.13. The van der Waals surface area contributed by atoms with Gasteiger partial charge in [-0.25, -0.2) is 4.57 Å². The largest absolute Gasteiger partial charge is 3.00 e. The third-order valence-corrected chi connectivity index (χ3v) is 1.78. The minimum atomic E-state index is 0. The molecule has 0 radical (unpaired) electrons. The maximum absolute atomic E-state index is 2.25. The number of aromatic nitrogens is 1. The van der Waals surface area contributed by atoms with Crippen LogP contribution in [0.25, 0.3) is 0 Å². The normalized spacial score (nSPS) is 6.88. The Hall–Kier alpha value is 0.842. The van der Waals surface area contributed by atoms with Gasteiger partial charge in [0, 0.05) is 18.1 Å². The molecule has 16 heavy (non-hydrogen) atoms. The number of hydrogen-bond donors (Lipinski definition) is 0. The number of pyridine rings is 1. The van der Waals surface area contributed by atoms with Gasteiger partial charge in [0.2, 0.25) is 0 Å². The summed E-state index contributed by atoms with van der Waals surface area (Å²) in [4.78, 5) is 0. The standard InChI is InChI=1S/C10H16N.Al.4ClH/c1-3-4-7-11-8-5-6-10(2)9-11;;;;;/h5-6,8-9H,3-4,7H2,1-2H3;;4*1H/q+1;+3;;;;/p-4. The van der Waals surface area contributed by atoms with Crippen LogP contribution in [-0.2, 0) is 6.54 Å².